The Labute approximate surface area is 161 Å². The van der Waals surface area contributed by atoms with E-state index in [0.717, 1.165) is 19.5 Å². The maximum absolute atomic E-state index is 12.9. The van der Waals surface area contributed by atoms with Gasteiger partial charge in [0.1, 0.15) is 10.6 Å². The van der Waals surface area contributed by atoms with Crippen LogP contribution in [0.3, 0.4) is 0 Å². The molecule has 9 heteroatoms. The van der Waals surface area contributed by atoms with Crippen molar-refractivity contribution in [2.75, 3.05) is 32.7 Å². The maximum Gasteiger partial charge on any atom is 0.248 e. The van der Waals surface area contributed by atoms with Crippen LogP contribution in [-0.4, -0.2) is 67.5 Å². The molecule has 8 nitrogen and oxygen atoms in total. The van der Waals surface area contributed by atoms with Crippen LogP contribution >= 0.6 is 0 Å². The SMILES string of the molecule is CCN1CCCC1CNC(=O)C1CCN(S(=O)(=O)c2c(C)noc2C)CC1. The maximum atomic E-state index is 12.9. The molecule has 3 heterocycles. The van der Waals surface area contributed by atoms with Crippen LogP contribution in [0.5, 0.6) is 0 Å². The highest BCUT2D eigenvalue weighted by Crippen LogP contribution is 2.27. The van der Waals surface area contributed by atoms with Gasteiger partial charge in [-0.15, -0.1) is 0 Å². The Morgan fingerprint density at radius 3 is 2.52 bits per heavy atom. The lowest BCUT2D eigenvalue weighted by atomic mass is 9.97. The molecule has 1 amide bonds. The number of nitrogens with one attached hydrogen (secondary N) is 1. The topological polar surface area (TPSA) is 95.8 Å². The molecule has 0 aliphatic carbocycles. The van der Waals surface area contributed by atoms with Crippen molar-refractivity contribution in [3.8, 4) is 0 Å². The number of carbonyl (C=O) groups is 1. The lowest BCUT2D eigenvalue weighted by Crippen LogP contribution is -2.46. The smallest absolute Gasteiger partial charge is 0.248 e. The van der Waals surface area contributed by atoms with Gasteiger partial charge in [-0.1, -0.05) is 12.1 Å². The summed E-state index contributed by atoms with van der Waals surface area (Å²) in [5, 5.41) is 6.83. The lowest BCUT2D eigenvalue weighted by molar-refractivity contribution is -0.126. The predicted molar refractivity (Wildman–Crippen MR) is 101 cm³/mol. The quantitative estimate of drug-likeness (QED) is 0.776. The third-order valence-electron chi connectivity index (χ3n) is 5.81. The van der Waals surface area contributed by atoms with Gasteiger partial charge in [0.05, 0.1) is 0 Å². The van der Waals surface area contributed by atoms with Crippen molar-refractivity contribution in [1.29, 1.82) is 0 Å². The van der Waals surface area contributed by atoms with Crippen molar-refractivity contribution in [3.05, 3.63) is 11.5 Å². The van der Waals surface area contributed by atoms with E-state index in [1.165, 1.54) is 10.7 Å². The molecule has 0 radical (unpaired) electrons. The zero-order chi connectivity index (χ0) is 19.6. The van der Waals surface area contributed by atoms with Crippen LogP contribution in [-0.2, 0) is 14.8 Å². The Morgan fingerprint density at radius 2 is 1.93 bits per heavy atom. The first kappa shape index (κ1) is 20.3. The number of likely N-dealkylation sites (tertiary alicyclic amines) is 1. The molecule has 3 rings (SSSR count). The number of nitrogens with zero attached hydrogens (tertiary/aromatic N) is 3. The van der Waals surface area contributed by atoms with Gasteiger partial charge in [-0.05, 0) is 52.6 Å². The Kier molecular flexibility index (Phi) is 6.22. The van der Waals surface area contributed by atoms with Gasteiger partial charge in [-0.2, -0.15) is 4.31 Å². The molecule has 152 valence electrons. The molecule has 27 heavy (non-hydrogen) atoms. The molecule has 1 N–H and O–H groups in total. The molecule has 2 aliphatic heterocycles. The van der Waals surface area contributed by atoms with Gasteiger partial charge in [0.25, 0.3) is 0 Å². The summed E-state index contributed by atoms with van der Waals surface area (Å²) >= 11 is 0. The first-order chi connectivity index (χ1) is 12.8. The van der Waals surface area contributed by atoms with Gasteiger partial charge in [0.15, 0.2) is 5.76 Å². The minimum absolute atomic E-state index is 0.0485. The largest absolute Gasteiger partial charge is 0.360 e. The summed E-state index contributed by atoms with van der Waals surface area (Å²) in [5.74, 6) is 0.231. The highest BCUT2D eigenvalue weighted by atomic mass is 32.2. The molecule has 1 aromatic heterocycles. The molecule has 0 bridgehead atoms. The number of likely N-dealkylation sites (N-methyl/N-ethyl adjacent to an activating group) is 1. The monoisotopic (exact) mass is 398 g/mol. The second-order valence-corrected chi connectivity index (χ2v) is 9.38. The molecule has 1 unspecified atom stereocenters. The average molecular weight is 399 g/mol. The van der Waals surface area contributed by atoms with Gasteiger partial charge >= 0.3 is 0 Å². The summed E-state index contributed by atoms with van der Waals surface area (Å²) in [7, 11) is -3.63. The Morgan fingerprint density at radius 1 is 1.22 bits per heavy atom. The van der Waals surface area contributed by atoms with E-state index in [4.69, 9.17) is 4.52 Å². The third-order valence-corrected chi connectivity index (χ3v) is 7.95. The van der Waals surface area contributed by atoms with Crippen molar-refractivity contribution in [2.45, 2.75) is 57.4 Å². The van der Waals surface area contributed by atoms with E-state index in [1.807, 2.05) is 0 Å². The van der Waals surface area contributed by atoms with Crippen molar-refractivity contribution >= 4 is 15.9 Å². The van der Waals surface area contributed by atoms with Crippen LogP contribution in [0.15, 0.2) is 9.42 Å². The fraction of sp³-hybridized carbons (Fsp3) is 0.778. The van der Waals surface area contributed by atoms with Crippen LogP contribution in [0.25, 0.3) is 0 Å². The van der Waals surface area contributed by atoms with E-state index >= 15 is 0 Å². The Bertz CT molecular complexity index is 749. The standard InChI is InChI=1S/C18H30N4O4S/c1-4-21-9-5-6-16(21)12-19-18(23)15-7-10-22(11-8-15)27(24,25)17-13(2)20-26-14(17)3/h15-16H,4-12H2,1-3H3,(H,19,23). The molecule has 2 saturated heterocycles. The van der Waals surface area contributed by atoms with E-state index in [2.05, 4.69) is 22.3 Å². The minimum atomic E-state index is -3.63. The van der Waals surface area contributed by atoms with E-state index in [1.54, 1.807) is 13.8 Å². The molecule has 0 aromatic carbocycles. The molecule has 0 spiro atoms. The second-order valence-electron chi connectivity index (χ2n) is 7.50. The van der Waals surface area contributed by atoms with Crippen molar-refractivity contribution < 1.29 is 17.7 Å². The molecular formula is C18H30N4O4S. The van der Waals surface area contributed by atoms with E-state index < -0.39 is 10.0 Å². The third kappa shape index (κ3) is 4.20. The predicted octanol–water partition coefficient (Wildman–Crippen LogP) is 1.29. The number of piperidine rings is 1. The van der Waals surface area contributed by atoms with Crippen LogP contribution in [0.2, 0.25) is 0 Å². The van der Waals surface area contributed by atoms with Crippen molar-refractivity contribution in [2.24, 2.45) is 5.92 Å². The van der Waals surface area contributed by atoms with Gasteiger partial charge in [-0.3, -0.25) is 9.69 Å². The molecule has 1 aromatic rings. The Balaban J connectivity index is 1.53. The van der Waals surface area contributed by atoms with Gasteiger partial charge in [0, 0.05) is 31.6 Å². The number of carbonyl (C=O) groups excluding carboxylic acids is 1. The van der Waals surface area contributed by atoms with Crippen LogP contribution in [0, 0.1) is 19.8 Å². The summed E-state index contributed by atoms with van der Waals surface area (Å²) in [5.41, 5.74) is 0.379. The van der Waals surface area contributed by atoms with Crippen molar-refractivity contribution in [1.82, 2.24) is 19.7 Å². The fourth-order valence-electron chi connectivity index (χ4n) is 4.24. The Hall–Kier alpha value is -1.45. The summed E-state index contributed by atoms with van der Waals surface area (Å²) in [4.78, 5) is 15.1. The molecule has 2 fully saturated rings. The summed E-state index contributed by atoms with van der Waals surface area (Å²) in [6.45, 7) is 8.87. The second kappa shape index (κ2) is 8.28. The number of sulfonamides is 1. The first-order valence-corrected chi connectivity index (χ1v) is 11.2. The highest BCUT2D eigenvalue weighted by molar-refractivity contribution is 7.89. The molecular weight excluding hydrogens is 368 g/mol. The van der Waals surface area contributed by atoms with E-state index in [9.17, 15) is 13.2 Å². The number of aromatic nitrogens is 1. The van der Waals surface area contributed by atoms with Gasteiger partial charge < -0.3 is 9.84 Å². The highest BCUT2D eigenvalue weighted by Gasteiger charge is 2.35. The molecule has 1 atom stereocenters. The molecule has 2 aliphatic rings. The van der Waals surface area contributed by atoms with Crippen LogP contribution in [0.4, 0.5) is 0 Å². The summed E-state index contributed by atoms with van der Waals surface area (Å²) in [6.07, 6.45) is 3.39. The zero-order valence-corrected chi connectivity index (χ0v) is 17.2. The summed E-state index contributed by atoms with van der Waals surface area (Å²) < 4.78 is 32.2. The number of rotatable bonds is 6. The van der Waals surface area contributed by atoms with E-state index in [-0.39, 0.29) is 16.7 Å². The zero-order valence-electron chi connectivity index (χ0n) is 16.4. The van der Waals surface area contributed by atoms with Gasteiger partial charge in [-0.25, -0.2) is 8.42 Å². The van der Waals surface area contributed by atoms with Gasteiger partial charge in [0.2, 0.25) is 15.9 Å². The van der Waals surface area contributed by atoms with E-state index in [0.29, 0.717) is 50.0 Å². The minimum Gasteiger partial charge on any atom is -0.360 e. The van der Waals surface area contributed by atoms with Crippen molar-refractivity contribution in [3.63, 3.8) is 0 Å². The lowest BCUT2D eigenvalue weighted by Gasteiger charge is -2.31. The number of hydrogen-bond acceptors (Lipinski definition) is 6. The molecule has 0 saturated carbocycles. The van der Waals surface area contributed by atoms with Crippen LogP contribution in [0.1, 0.15) is 44.1 Å². The normalized spacial score (nSPS) is 23.0. The van der Waals surface area contributed by atoms with Crippen LogP contribution < -0.4 is 5.32 Å². The number of aryl methyl sites for hydroxylation is 2. The number of amides is 1. The summed E-state index contributed by atoms with van der Waals surface area (Å²) in [6, 6.07) is 0.430. The fourth-order valence-corrected chi connectivity index (χ4v) is 6.00. The average Bonchev–Trinajstić information content (AvgIpc) is 3.25. The first-order valence-electron chi connectivity index (χ1n) is 9.79. The number of hydrogen-bond donors (Lipinski definition) is 1.